The number of halogens is 1. The van der Waals surface area contributed by atoms with Gasteiger partial charge in [-0.2, -0.15) is 0 Å². The third-order valence-electron chi connectivity index (χ3n) is 6.26. The van der Waals surface area contributed by atoms with Crippen LogP contribution in [0.25, 0.3) is 11.0 Å². The summed E-state index contributed by atoms with van der Waals surface area (Å²) in [5.74, 6) is -0.494. The predicted octanol–water partition coefficient (Wildman–Crippen LogP) is 3.95. The van der Waals surface area contributed by atoms with Crippen molar-refractivity contribution >= 4 is 22.6 Å². The topological polar surface area (TPSA) is 92.6 Å². The fraction of sp³-hybridized carbons (Fsp3) is 0.231. The van der Waals surface area contributed by atoms with Gasteiger partial charge in [-0.05, 0) is 72.0 Å². The maximum absolute atomic E-state index is 13.7. The van der Waals surface area contributed by atoms with Crippen molar-refractivity contribution in [3.8, 4) is 0 Å². The number of hydrogen-bond donors (Lipinski definition) is 2. The fourth-order valence-electron chi connectivity index (χ4n) is 4.76. The molecule has 3 N–H and O–H groups in total. The molecule has 0 saturated carbocycles. The second-order valence-corrected chi connectivity index (χ2v) is 8.34. The average Bonchev–Trinajstić information content (AvgIpc) is 3.46. The number of rotatable bonds is 7. The number of carbonyl (C=O) groups excluding carboxylic acids is 1. The second-order valence-electron chi connectivity index (χ2n) is 8.34. The molecule has 1 aliphatic rings. The molecule has 3 heterocycles. The van der Waals surface area contributed by atoms with Crippen LogP contribution in [0.4, 0.5) is 10.1 Å². The van der Waals surface area contributed by atoms with Crippen LogP contribution in [0.5, 0.6) is 0 Å². The van der Waals surface area contributed by atoms with Crippen molar-refractivity contribution in [2.45, 2.75) is 25.0 Å². The van der Waals surface area contributed by atoms with Gasteiger partial charge in [0.15, 0.2) is 0 Å². The molecule has 33 heavy (non-hydrogen) atoms. The van der Waals surface area contributed by atoms with Crippen LogP contribution in [0.2, 0.25) is 0 Å². The Hall–Kier alpha value is -3.71. The number of nitrogens with two attached hydrogens (primary N) is 1. The first-order valence-corrected chi connectivity index (χ1v) is 10.9. The second kappa shape index (κ2) is 8.67. The van der Waals surface area contributed by atoms with E-state index in [9.17, 15) is 14.3 Å². The van der Waals surface area contributed by atoms with Gasteiger partial charge in [-0.1, -0.05) is 12.1 Å². The Balaban J connectivity index is 1.48. The number of amides is 1. The van der Waals surface area contributed by atoms with E-state index in [-0.39, 0.29) is 0 Å². The summed E-state index contributed by atoms with van der Waals surface area (Å²) in [7, 11) is 0. The molecule has 168 valence electrons. The van der Waals surface area contributed by atoms with Crippen molar-refractivity contribution in [3.05, 3.63) is 95.0 Å². The van der Waals surface area contributed by atoms with Crippen LogP contribution in [0.1, 0.15) is 38.8 Å². The molecule has 2 aromatic heterocycles. The molecular formula is C26H24FN3O3. The molecule has 7 heteroatoms. The molecule has 6 nitrogen and oxygen atoms in total. The lowest BCUT2D eigenvalue weighted by Gasteiger charge is -2.33. The molecule has 0 radical (unpaired) electrons. The first kappa shape index (κ1) is 21.2. The number of anilines is 1. The normalized spacial score (nSPS) is 14.9. The van der Waals surface area contributed by atoms with Crippen LogP contribution in [0.3, 0.4) is 0 Å². The van der Waals surface area contributed by atoms with Crippen LogP contribution in [0, 0.1) is 0 Å². The molecule has 5 rings (SSSR count). The van der Waals surface area contributed by atoms with Crippen molar-refractivity contribution in [2.75, 3.05) is 18.1 Å². The van der Waals surface area contributed by atoms with Gasteiger partial charge in [-0.3, -0.25) is 9.78 Å². The number of pyridine rings is 1. The molecule has 2 unspecified atom stereocenters. The Morgan fingerprint density at radius 3 is 2.85 bits per heavy atom. The number of furan rings is 1. The molecule has 0 aliphatic carbocycles. The predicted molar refractivity (Wildman–Crippen MR) is 124 cm³/mol. The number of fused-ring (bicyclic) bond motifs is 2. The zero-order chi connectivity index (χ0) is 22.9. The summed E-state index contributed by atoms with van der Waals surface area (Å²) in [4.78, 5) is 18.3. The van der Waals surface area contributed by atoms with Gasteiger partial charge in [0.25, 0.3) is 0 Å². The van der Waals surface area contributed by atoms with Crippen molar-refractivity contribution < 1.29 is 18.7 Å². The van der Waals surface area contributed by atoms with E-state index in [4.69, 9.17) is 10.2 Å². The number of carbonyl (C=O) groups is 1. The summed E-state index contributed by atoms with van der Waals surface area (Å²) in [6.07, 6.45) is 3.35. The third kappa shape index (κ3) is 3.96. The lowest BCUT2D eigenvalue weighted by atomic mass is 9.99. The molecule has 0 fully saturated rings. The lowest BCUT2D eigenvalue weighted by Crippen LogP contribution is -2.37. The lowest BCUT2D eigenvalue weighted by molar-refractivity contribution is 0.0999. The molecule has 4 aromatic rings. The van der Waals surface area contributed by atoms with Gasteiger partial charge in [0.1, 0.15) is 18.4 Å². The van der Waals surface area contributed by atoms with Gasteiger partial charge in [-0.25, -0.2) is 4.39 Å². The minimum absolute atomic E-state index is 0.458. The molecule has 0 spiro atoms. The van der Waals surface area contributed by atoms with Crippen LogP contribution in [-0.4, -0.2) is 35.3 Å². The van der Waals surface area contributed by atoms with Crippen LogP contribution in [-0.2, 0) is 12.8 Å². The molecule has 1 aliphatic heterocycles. The number of hydrogen-bond acceptors (Lipinski definition) is 5. The minimum atomic E-state index is -1.27. The van der Waals surface area contributed by atoms with Crippen molar-refractivity contribution in [2.24, 2.45) is 5.73 Å². The maximum Gasteiger partial charge on any atom is 0.249 e. The van der Waals surface area contributed by atoms with Crippen molar-refractivity contribution in [3.63, 3.8) is 0 Å². The van der Waals surface area contributed by atoms with Gasteiger partial charge >= 0.3 is 0 Å². The Morgan fingerprint density at radius 2 is 2.03 bits per heavy atom. The van der Waals surface area contributed by atoms with E-state index in [1.807, 2.05) is 41.3 Å². The number of aliphatic hydroxyl groups is 1. The molecule has 0 saturated heterocycles. The van der Waals surface area contributed by atoms with Gasteiger partial charge < -0.3 is 20.2 Å². The summed E-state index contributed by atoms with van der Waals surface area (Å²) in [6.45, 7) is -0.376. The number of alkyl halides is 1. The highest BCUT2D eigenvalue weighted by Gasteiger charge is 2.34. The highest BCUT2D eigenvalue weighted by Crippen LogP contribution is 2.38. The highest BCUT2D eigenvalue weighted by molar-refractivity contribution is 5.96. The third-order valence-corrected chi connectivity index (χ3v) is 6.26. The van der Waals surface area contributed by atoms with E-state index in [0.29, 0.717) is 30.6 Å². The molecule has 2 atom stereocenters. The summed E-state index contributed by atoms with van der Waals surface area (Å²) in [5, 5.41) is 11.7. The first-order chi connectivity index (χ1) is 16.0. The Labute approximate surface area is 190 Å². The minimum Gasteiger partial charge on any atom is -0.464 e. The SMILES string of the molecule is NC(=O)c1cccc2c1CCN2C(c1cc(Cc2ccc3occc3c2)ccn1)C(O)CF. The van der Waals surface area contributed by atoms with E-state index >= 15 is 0 Å². The Morgan fingerprint density at radius 1 is 1.18 bits per heavy atom. The van der Waals surface area contributed by atoms with Gasteiger partial charge in [0.2, 0.25) is 5.91 Å². The molecule has 1 amide bonds. The number of nitrogens with zero attached hydrogens (tertiary/aromatic N) is 2. The van der Waals surface area contributed by atoms with E-state index < -0.39 is 24.7 Å². The van der Waals surface area contributed by atoms with Crippen molar-refractivity contribution in [1.82, 2.24) is 4.98 Å². The van der Waals surface area contributed by atoms with E-state index in [1.54, 1.807) is 24.6 Å². The summed E-state index contributed by atoms with van der Waals surface area (Å²) >= 11 is 0. The number of benzene rings is 2. The standard InChI is InChI=1S/C26H24FN3O3/c27-15-23(31)25(30-10-7-19-20(26(28)32)2-1-3-22(19)30)21-14-17(6-9-29-21)12-16-4-5-24-18(13-16)8-11-33-24/h1-6,8-9,11,13-14,23,25,31H,7,10,12,15H2,(H2,28,32). The molecule has 0 bridgehead atoms. The summed E-state index contributed by atoms with van der Waals surface area (Å²) in [6, 6.07) is 16.4. The Kier molecular flexibility index (Phi) is 5.56. The van der Waals surface area contributed by atoms with Gasteiger partial charge in [0.05, 0.1) is 18.0 Å². The largest absolute Gasteiger partial charge is 0.464 e. The number of aliphatic hydroxyl groups excluding tert-OH is 1. The number of primary amides is 1. The Bertz CT molecular complexity index is 1320. The van der Waals surface area contributed by atoms with E-state index in [1.165, 1.54) is 0 Å². The molecular weight excluding hydrogens is 421 g/mol. The first-order valence-electron chi connectivity index (χ1n) is 10.9. The smallest absolute Gasteiger partial charge is 0.249 e. The van der Waals surface area contributed by atoms with Crippen LogP contribution in [0.15, 0.2) is 71.5 Å². The van der Waals surface area contributed by atoms with Gasteiger partial charge in [0, 0.05) is 29.4 Å². The van der Waals surface area contributed by atoms with Gasteiger partial charge in [-0.15, -0.1) is 0 Å². The van der Waals surface area contributed by atoms with Crippen LogP contribution < -0.4 is 10.6 Å². The zero-order valence-electron chi connectivity index (χ0n) is 17.9. The molecule has 2 aromatic carbocycles. The average molecular weight is 445 g/mol. The van der Waals surface area contributed by atoms with Crippen molar-refractivity contribution in [1.29, 1.82) is 0 Å². The summed E-state index contributed by atoms with van der Waals surface area (Å²) < 4.78 is 19.2. The fourth-order valence-corrected chi connectivity index (χ4v) is 4.76. The van der Waals surface area contributed by atoms with E-state index in [2.05, 4.69) is 11.1 Å². The number of aromatic nitrogens is 1. The highest BCUT2D eigenvalue weighted by atomic mass is 19.1. The monoisotopic (exact) mass is 445 g/mol. The van der Waals surface area contributed by atoms with E-state index in [0.717, 1.165) is 33.3 Å². The zero-order valence-corrected chi connectivity index (χ0v) is 17.9. The summed E-state index contributed by atoms with van der Waals surface area (Å²) in [5.41, 5.74) is 11.1. The maximum atomic E-state index is 13.7. The quantitative estimate of drug-likeness (QED) is 0.449. The van der Waals surface area contributed by atoms with Crippen LogP contribution >= 0.6 is 0 Å².